The molecule has 1 saturated heterocycles. The lowest BCUT2D eigenvalue weighted by atomic mass is 10.0. The van der Waals surface area contributed by atoms with Gasteiger partial charge in [0.05, 0.1) is 0 Å². The van der Waals surface area contributed by atoms with Crippen molar-refractivity contribution < 1.29 is 19.4 Å². The van der Waals surface area contributed by atoms with Crippen LogP contribution in [0.5, 0.6) is 0 Å². The summed E-state index contributed by atoms with van der Waals surface area (Å²) in [7, 11) is 0. The van der Waals surface area contributed by atoms with Gasteiger partial charge in [0.15, 0.2) is 0 Å². The molecule has 1 aromatic rings. The Kier molecular flexibility index (Phi) is 5.12. The van der Waals surface area contributed by atoms with Crippen LogP contribution in [0.25, 0.3) is 0 Å². The number of carboxylic acid groups (broad SMARTS) is 1. The highest BCUT2D eigenvalue weighted by Gasteiger charge is 2.27. The Bertz CT molecular complexity index is 454. The zero-order chi connectivity index (χ0) is 14.4. The molecule has 2 N–H and O–H groups in total. The van der Waals surface area contributed by atoms with E-state index in [9.17, 15) is 14.7 Å². The van der Waals surface area contributed by atoms with Crippen LogP contribution in [0.15, 0.2) is 30.3 Å². The first-order valence-corrected chi connectivity index (χ1v) is 6.85. The lowest BCUT2D eigenvalue weighted by molar-refractivity contribution is -0.143. The minimum Gasteiger partial charge on any atom is -0.480 e. The van der Waals surface area contributed by atoms with E-state index in [4.69, 9.17) is 4.74 Å². The molecule has 0 aliphatic carbocycles. The number of carbonyl (C=O) groups excluding carboxylic acids is 1. The predicted octanol–water partition coefficient (Wildman–Crippen LogP) is 1.37. The summed E-state index contributed by atoms with van der Waals surface area (Å²) in [6, 6.07) is 8.76. The zero-order valence-corrected chi connectivity index (χ0v) is 11.2. The van der Waals surface area contributed by atoms with Gasteiger partial charge in [-0.15, -0.1) is 0 Å². The summed E-state index contributed by atoms with van der Waals surface area (Å²) in [5.74, 6) is -1.32. The van der Waals surface area contributed by atoms with Gasteiger partial charge in [-0.25, -0.2) is 4.79 Å². The van der Waals surface area contributed by atoms with Gasteiger partial charge in [0, 0.05) is 6.61 Å². The van der Waals surface area contributed by atoms with E-state index in [0.717, 1.165) is 12.0 Å². The largest absolute Gasteiger partial charge is 0.480 e. The Morgan fingerprint density at radius 3 is 2.70 bits per heavy atom. The molecule has 0 aromatic heterocycles. The minimum atomic E-state index is -1.01. The monoisotopic (exact) mass is 277 g/mol. The maximum absolute atomic E-state index is 11.9. The smallest absolute Gasteiger partial charge is 0.326 e. The number of rotatable bonds is 6. The Hall–Kier alpha value is -1.88. The molecule has 1 amide bonds. The number of ether oxygens (including phenoxy) is 1. The van der Waals surface area contributed by atoms with Crippen molar-refractivity contribution in [2.45, 2.75) is 37.8 Å². The van der Waals surface area contributed by atoms with Crippen LogP contribution in [0.1, 0.15) is 24.8 Å². The molecule has 108 valence electrons. The van der Waals surface area contributed by atoms with Crippen LogP contribution in [-0.2, 0) is 20.7 Å². The second-order valence-corrected chi connectivity index (χ2v) is 4.93. The fourth-order valence-electron chi connectivity index (χ4n) is 2.26. The molecule has 0 bridgehead atoms. The number of carbonyl (C=O) groups is 2. The molecule has 1 fully saturated rings. The number of nitrogens with one attached hydrogen (secondary N) is 1. The Morgan fingerprint density at radius 1 is 1.35 bits per heavy atom. The van der Waals surface area contributed by atoms with E-state index in [2.05, 4.69) is 5.32 Å². The average molecular weight is 277 g/mol. The molecule has 1 unspecified atom stereocenters. The van der Waals surface area contributed by atoms with Crippen molar-refractivity contribution in [2.24, 2.45) is 0 Å². The van der Waals surface area contributed by atoms with Crippen molar-refractivity contribution in [3.63, 3.8) is 0 Å². The van der Waals surface area contributed by atoms with Gasteiger partial charge in [0.25, 0.3) is 0 Å². The van der Waals surface area contributed by atoms with E-state index in [0.29, 0.717) is 25.9 Å². The molecule has 5 nitrogen and oxygen atoms in total. The third-order valence-corrected chi connectivity index (χ3v) is 3.40. The summed E-state index contributed by atoms with van der Waals surface area (Å²) in [4.78, 5) is 23.1. The van der Waals surface area contributed by atoms with Crippen LogP contribution in [0, 0.1) is 0 Å². The quantitative estimate of drug-likeness (QED) is 0.823. The van der Waals surface area contributed by atoms with E-state index in [1.165, 1.54) is 0 Å². The first-order chi connectivity index (χ1) is 9.66. The molecule has 2 atom stereocenters. The molecule has 0 radical (unpaired) electrons. The fraction of sp³-hybridized carbons (Fsp3) is 0.467. The Balaban J connectivity index is 1.87. The molecule has 0 saturated carbocycles. The summed E-state index contributed by atoms with van der Waals surface area (Å²) < 4.78 is 5.25. The molecule has 1 aliphatic rings. The lowest BCUT2D eigenvalue weighted by Crippen LogP contribution is -2.45. The van der Waals surface area contributed by atoms with Crippen molar-refractivity contribution in [3.8, 4) is 0 Å². The maximum Gasteiger partial charge on any atom is 0.326 e. The highest BCUT2D eigenvalue weighted by molar-refractivity contribution is 5.86. The molecule has 1 aromatic carbocycles. The second kappa shape index (κ2) is 7.05. The van der Waals surface area contributed by atoms with E-state index in [1.54, 1.807) is 0 Å². The van der Waals surface area contributed by atoms with Crippen molar-refractivity contribution in [1.82, 2.24) is 5.32 Å². The highest BCUT2D eigenvalue weighted by atomic mass is 16.5. The molecule has 0 spiro atoms. The molecule has 1 aliphatic heterocycles. The van der Waals surface area contributed by atoms with Gasteiger partial charge in [0.1, 0.15) is 12.1 Å². The van der Waals surface area contributed by atoms with Crippen molar-refractivity contribution in [2.75, 3.05) is 6.61 Å². The summed E-state index contributed by atoms with van der Waals surface area (Å²) in [5.41, 5.74) is 1.06. The van der Waals surface area contributed by atoms with Crippen LogP contribution in [0.3, 0.4) is 0 Å². The Labute approximate surface area is 117 Å². The van der Waals surface area contributed by atoms with Crippen molar-refractivity contribution >= 4 is 11.9 Å². The zero-order valence-electron chi connectivity index (χ0n) is 11.2. The van der Waals surface area contributed by atoms with Crippen LogP contribution in [0.2, 0.25) is 0 Å². The second-order valence-electron chi connectivity index (χ2n) is 4.93. The number of benzene rings is 1. The van der Waals surface area contributed by atoms with E-state index in [1.807, 2.05) is 30.3 Å². The maximum atomic E-state index is 11.9. The first kappa shape index (κ1) is 14.5. The van der Waals surface area contributed by atoms with Gasteiger partial charge >= 0.3 is 5.97 Å². The van der Waals surface area contributed by atoms with Crippen molar-refractivity contribution in [1.29, 1.82) is 0 Å². The van der Waals surface area contributed by atoms with Gasteiger partial charge in [-0.05, 0) is 31.2 Å². The summed E-state index contributed by atoms with van der Waals surface area (Å²) in [5, 5.41) is 11.8. The van der Waals surface area contributed by atoms with E-state index < -0.39 is 18.1 Å². The van der Waals surface area contributed by atoms with E-state index in [-0.39, 0.29) is 5.91 Å². The topological polar surface area (TPSA) is 75.6 Å². The molecule has 20 heavy (non-hydrogen) atoms. The van der Waals surface area contributed by atoms with Crippen LogP contribution < -0.4 is 5.32 Å². The van der Waals surface area contributed by atoms with Gasteiger partial charge in [-0.3, -0.25) is 4.79 Å². The SMILES string of the molecule is O=C(N[C@H](CCc1ccccc1)C(=O)O)C1CCCO1. The standard InChI is InChI=1S/C15H19NO4/c17-14(13-7-4-10-20-13)16-12(15(18)19)9-8-11-5-2-1-3-6-11/h1-3,5-6,12-13H,4,7-10H2,(H,16,17)(H,18,19)/t12-,13?/m1/s1. The minimum absolute atomic E-state index is 0.317. The number of hydrogen-bond donors (Lipinski definition) is 2. The highest BCUT2D eigenvalue weighted by Crippen LogP contribution is 2.13. The van der Waals surface area contributed by atoms with Gasteiger partial charge < -0.3 is 15.2 Å². The molecular formula is C15H19NO4. The molecular weight excluding hydrogens is 258 g/mol. The van der Waals surface area contributed by atoms with E-state index >= 15 is 0 Å². The number of carboxylic acids is 1. The molecule has 1 heterocycles. The number of amides is 1. The third kappa shape index (κ3) is 4.06. The van der Waals surface area contributed by atoms with Crippen LogP contribution >= 0.6 is 0 Å². The van der Waals surface area contributed by atoms with Crippen LogP contribution in [0.4, 0.5) is 0 Å². The number of aliphatic carboxylic acids is 1. The van der Waals surface area contributed by atoms with Gasteiger partial charge in [-0.2, -0.15) is 0 Å². The molecule has 5 heteroatoms. The summed E-state index contributed by atoms with van der Waals surface area (Å²) in [6.07, 6.45) is 2.01. The third-order valence-electron chi connectivity index (χ3n) is 3.40. The number of aryl methyl sites for hydroxylation is 1. The average Bonchev–Trinajstić information content (AvgIpc) is 2.98. The van der Waals surface area contributed by atoms with Crippen molar-refractivity contribution in [3.05, 3.63) is 35.9 Å². The van der Waals surface area contributed by atoms with Crippen LogP contribution in [-0.4, -0.2) is 35.7 Å². The number of hydrogen-bond acceptors (Lipinski definition) is 3. The van der Waals surface area contributed by atoms with Gasteiger partial charge in [-0.1, -0.05) is 30.3 Å². The normalized spacial score (nSPS) is 19.5. The predicted molar refractivity (Wildman–Crippen MR) is 73.3 cm³/mol. The molecule has 2 rings (SSSR count). The summed E-state index contributed by atoms with van der Waals surface area (Å²) in [6.45, 7) is 0.569. The fourth-order valence-corrected chi connectivity index (χ4v) is 2.26. The Morgan fingerprint density at radius 2 is 2.10 bits per heavy atom. The summed E-state index contributed by atoms with van der Waals surface area (Å²) >= 11 is 0. The lowest BCUT2D eigenvalue weighted by Gasteiger charge is -2.17. The van der Waals surface area contributed by atoms with Gasteiger partial charge in [0.2, 0.25) is 5.91 Å². The first-order valence-electron chi connectivity index (χ1n) is 6.85.